The van der Waals surface area contributed by atoms with Crippen LogP contribution in [0.4, 0.5) is 5.69 Å². The summed E-state index contributed by atoms with van der Waals surface area (Å²) in [7, 11) is 2.16. The van der Waals surface area contributed by atoms with E-state index in [4.69, 9.17) is 5.26 Å². The van der Waals surface area contributed by atoms with E-state index in [2.05, 4.69) is 56.6 Å². The standard InChI is InChI=1S/C23H24N6O/c1-28-11-13-29(14-12-28)20-7-5-17(6-8-20)21-16-22(27-26-21)18-3-2-4-19(15-18)23(30)25-10-9-24/h2-8,15-16H,10-14H2,1H3,(H,25,30)(H,26,27). The SMILES string of the molecule is CN1CCN(c2ccc(-c3cc(-c4cccc(C(=O)NCC#N)c4)n[nH]3)cc2)CC1. The molecule has 1 amide bonds. The molecule has 2 N–H and O–H groups in total. The number of nitrogens with zero attached hydrogens (tertiary/aromatic N) is 4. The second-order valence-corrected chi connectivity index (χ2v) is 7.43. The van der Waals surface area contributed by atoms with Crippen molar-refractivity contribution in [2.45, 2.75) is 0 Å². The largest absolute Gasteiger partial charge is 0.369 e. The third-order valence-electron chi connectivity index (χ3n) is 5.37. The summed E-state index contributed by atoms with van der Waals surface area (Å²) in [4.78, 5) is 16.9. The van der Waals surface area contributed by atoms with Gasteiger partial charge in [-0.2, -0.15) is 10.4 Å². The number of nitriles is 1. The fourth-order valence-electron chi connectivity index (χ4n) is 3.58. The van der Waals surface area contributed by atoms with E-state index in [9.17, 15) is 4.79 Å². The van der Waals surface area contributed by atoms with Gasteiger partial charge in [0.25, 0.3) is 5.91 Å². The number of amides is 1. The van der Waals surface area contributed by atoms with Crippen molar-refractivity contribution in [3.05, 3.63) is 60.2 Å². The normalized spacial score (nSPS) is 14.3. The van der Waals surface area contributed by atoms with Crippen LogP contribution >= 0.6 is 0 Å². The molecule has 2 aromatic carbocycles. The smallest absolute Gasteiger partial charge is 0.252 e. The molecular formula is C23H24N6O. The maximum atomic E-state index is 12.1. The Morgan fingerprint density at radius 3 is 2.60 bits per heavy atom. The molecule has 7 nitrogen and oxygen atoms in total. The number of carbonyl (C=O) groups is 1. The molecular weight excluding hydrogens is 376 g/mol. The highest BCUT2D eigenvalue weighted by Gasteiger charge is 2.15. The third kappa shape index (κ3) is 4.34. The van der Waals surface area contributed by atoms with Crippen molar-refractivity contribution in [3.8, 4) is 28.6 Å². The lowest BCUT2D eigenvalue weighted by Crippen LogP contribution is -2.44. The number of nitrogens with one attached hydrogen (secondary N) is 2. The van der Waals surface area contributed by atoms with Crippen molar-refractivity contribution in [1.82, 2.24) is 20.4 Å². The molecule has 0 atom stereocenters. The number of anilines is 1. The molecule has 2 heterocycles. The summed E-state index contributed by atoms with van der Waals surface area (Å²) in [6, 6.07) is 19.6. The van der Waals surface area contributed by atoms with Gasteiger partial charge >= 0.3 is 0 Å². The van der Waals surface area contributed by atoms with Crippen LogP contribution in [0, 0.1) is 11.3 Å². The van der Waals surface area contributed by atoms with Crippen molar-refractivity contribution >= 4 is 11.6 Å². The van der Waals surface area contributed by atoms with E-state index in [-0.39, 0.29) is 12.5 Å². The van der Waals surface area contributed by atoms with Crippen LogP contribution in [-0.4, -0.2) is 60.8 Å². The molecule has 0 spiro atoms. The van der Waals surface area contributed by atoms with E-state index in [1.165, 1.54) is 5.69 Å². The van der Waals surface area contributed by atoms with E-state index < -0.39 is 0 Å². The Hall–Kier alpha value is -3.63. The van der Waals surface area contributed by atoms with Crippen LogP contribution < -0.4 is 10.2 Å². The van der Waals surface area contributed by atoms with E-state index in [1.807, 2.05) is 24.3 Å². The first kappa shape index (κ1) is 19.7. The number of carbonyl (C=O) groups excluding carboxylic acids is 1. The average Bonchev–Trinajstić information content (AvgIpc) is 3.29. The second kappa shape index (κ2) is 8.80. The zero-order valence-corrected chi connectivity index (χ0v) is 16.9. The Morgan fingerprint density at radius 1 is 1.10 bits per heavy atom. The summed E-state index contributed by atoms with van der Waals surface area (Å²) < 4.78 is 0. The topological polar surface area (TPSA) is 88.0 Å². The van der Waals surface area contributed by atoms with Gasteiger partial charge in [-0.15, -0.1) is 0 Å². The fourth-order valence-corrected chi connectivity index (χ4v) is 3.58. The predicted molar refractivity (Wildman–Crippen MR) is 117 cm³/mol. The van der Waals surface area contributed by atoms with Crippen LogP contribution in [0.15, 0.2) is 54.6 Å². The minimum absolute atomic E-state index is 0.0141. The first-order valence-corrected chi connectivity index (χ1v) is 9.99. The van der Waals surface area contributed by atoms with Gasteiger partial charge in [0.1, 0.15) is 6.54 Å². The maximum Gasteiger partial charge on any atom is 0.252 e. The van der Waals surface area contributed by atoms with Crippen LogP contribution in [0.2, 0.25) is 0 Å². The van der Waals surface area contributed by atoms with Gasteiger partial charge in [0.2, 0.25) is 0 Å². The minimum atomic E-state index is -0.270. The summed E-state index contributed by atoms with van der Waals surface area (Å²) in [6.45, 7) is 4.24. The van der Waals surface area contributed by atoms with Gasteiger partial charge in [-0.25, -0.2) is 0 Å². The van der Waals surface area contributed by atoms with Gasteiger partial charge in [-0.1, -0.05) is 24.3 Å². The average molecular weight is 400 g/mol. The Kier molecular flexibility index (Phi) is 5.77. The highest BCUT2D eigenvalue weighted by Crippen LogP contribution is 2.26. The highest BCUT2D eigenvalue weighted by atomic mass is 16.1. The van der Waals surface area contributed by atoms with Crippen LogP contribution in [0.25, 0.3) is 22.5 Å². The zero-order valence-electron chi connectivity index (χ0n) is 16.9. The number of hydrogen-bond donors (Lipinski definition) is 2. The lowest BCUT2D eigenvalue weighted by Gasteiger charge is -2.34. The van der Waals surface area contributed by atoms with Gasteiger partial charge in [-0.05, 0) is 42.9 Å². The summed E-state index contributed by atoms with van der Waals surface area (Å²) in [6.07, 6.45) is 0. The second-order valence-electron chi connectivity index (χ2n) is 7.43. The molecule has 0 radical (unpaired) electrons. The number of hydrogen-bond acceptors (Lipinski definition) is 5. The van der Waals surface area contributed by atoms with Crippen molar-refractivity contribution in [1.29, 1.82) is 5.26 Å². The molecule has 0 unspecified atom stereocenters. The molecule has 4 rings (SSSR count). The number of benzene rings is 2. The molecule has 0 bridgehead atoms. The monoisotopic (exact) mass is 400 g/mol. The molecule has 30 heavy (non-hydrogen) atoms. The van der Waals surface area contributed by atoms with Gasteiger partial charge in [-0.3, -0.25) is 9.89 Å². The summed E-state index contributed by atoms with van der Waals surface area (Å²) in [5.41, 5.74) is 5.34. The van der Waals surface area contributed by atoms with E-state index in [0.717, 1.165) is 48.7 Å². The maximum absolute atomic E-state index is 12.1. The lowest BCUT2D eigenvalue weighted by molar-refractivity contribution is 0.0958. The Labute approximate surface area is 175 Å². The number of aromatic nitrogens is 2. The van der Waals surface area contributed by atoms with Crippen LogP contribution in [0.3, 0.4) is 0 Å². The van der Waals surface area contributed by atoms with Gasteiger partial charge in [0.15, 0.2) is 0 Å². The molecule has 1 aromatic heterocycles. The quantitative estimate of drug-likeness (QED) is 0.643. The van der Waals surface area contributed by atoms with Crippen LogP contribution in [0.1, 0.15) is 10.4 Å². The van der Waals surface area contributed by atoms with Crippen molar-refractivity contribution < 1.29 is 4.79 Å². The number of aromatic amines is 1. The molecule has 0 saturated carbocycles. The predicted octanol–water partition coefficient (Wildman–Crippen LogP) is 2.75. The first-order valence-electron chi connectivity index (χ1n) is 9.99. The Morgan fingerprint density at radius 2 is 1.87 bits per heavy atom. The lowest BCUT2D eigenvalue weighted by atomic mass is 10.1. The number of piperazine rings is 1. The first-order chi connectivity index (χ1) is 14.6. The molecule has 152 valence electrons. The molecule has 7 heteroatoms. The van der Waals surface area contributed by atoms with E-state index in [0.29, 0.717) is 5.56 Å². The van der Waals surface area contributed by atoms with Gasteiger partial charge in [0.05, 0.1) is 17.5 Å². The third-order valence-corrected chi connectivity index (χ3v) is 5.37. The number of H-pyrrole nitrogens is 1. The van der Waals surface area contributed by atoms with E-state index in [1.54, 1.807) is 12.1 Å². The summed E-state index contributed by atoms with van der Waals surface area (Å²) in [5.74, 6) is -0.270. The fraction of sp³-hybridized carbons (Fsp3) is 0.261. The summed E-state index contributed by atoms with van der Waals surface area (Å²) in [5, 5.41) is 18.7. The van der Waals surface area contributed by atoms with Crippen molar-refractivity contribution in [2.75, 3.05) is 44.7 Å². The molecule has 1 aliphatic rings. The Balaban J connectivity index is 1.49. The zero-order chi connectivity index (χ0) is 20.9. The van der Waals surface area contributed by atoms with Gasteiger partial charge < -0.3 is 15.1 Å². The van der Waals surface area contributed by atoms with E-state index >= 15 is 0 Å². The van der Waals surface area contributed by atoms with Gasteiger partial charge in [0, 0.05) is 43.0 Å². The highest BCUT2D eigenvalue weighted by molar-refractivity contribution is 5.95. The molecule has 1 aliphatic heterocycles. The Bertz CT molecular complexity index is 1060. The molecule has 0 aliphatic carbocycles. The van der Waals surface area contributed by atoms with Crippen molar-refractivity contribution in [3.63, 3.8) is 0 Å². The summed E-state index contributed by atoms with van der Waals surface area (Å²) >= 11 is 0. The van der Waals surface area contributed by atoms with Crippen LogP contribution in [-0.2, 0) is 0 Å². The van der Waals surface area contributed by atoms with Crippen molar-refractivity contribution in [2.24, 2.45) is 0 Å². The number of likely N-dealkylation sites (N-methyl/N-ethyl adjacent to an activating group) is 1. The van der Waals surface area contributed by atoms with Crippen LogP contribution in [0.5, 0.6) is 0 Å². The molecule has 3 aromatic rings. The minimum Gasteiger partial charge on any atom is -0.369 e. The molecule has 1 saturated heterocycles. The number of rotatable bonds is 5. The molecule has 1 fully saturated rings.